The maximum atomic E-state index is 12.8. The average Bonchev–Trinajstić information content (AvgIpc) is 3.33. The number of ether oxygens (including phenoxy) is 1. The molecule has 1 aliphatic carbocycles. The van der Waals surface area contributed by atoms with Gasteiger partial charge in [0.25, 0.3) is 5.91 Å². The fraction of sp³-hybridized carbons (Fsp3) is 0.269. The molecule has 2 N–H and O–H groups in total. The van der Waals surface area contributed by atoms with Gasteiger partial charge in [0.2, 0.25) is 0 Å². The topological polar surface area (TPSA) is 104 Å². The second-order valence-corrected chi connectivity index (χ2v) is 9.30. The molecule has 1 aromatic carbocycles. The number of methoxy groups -OCH3 is 1. The number of carboxylic acid groups (broad SMARTS) is 1. The molecule has 8 heteroatoms. The summed E-state index contributed by atoms with van der Waals surface area (Å²) in [6.07, 6.45) is 5.28. The van der Waals surface area contributed by atoms with E-state index in [0.29, 0.717) is 27.6 Å². The number of carbonyl (C=O) groups is 2. The third-order valence-electron chi connectivity index (χ3n) is 6.03. The first-order valence-corrected chi connectivity index (χ1v) is 11.8. The monoisotopic (exact) mass is 475 g/mol. The summed E-state index contributed by atoms with van der Waals surface area (Å²) >= 11 is 1.53. The first kappa shape index (κ1) is 23.3. The van der Waals surface area contributed by atoms with Crippen molar-refractivity contribution >= 4 is 35.0 Å². The Hall–Kier alpha value is -3.83. The van der Waals surface area contributed by atoms with Crippen LogP contribution in [0.25, 0.3) is 11.1 Å². The van der Waals surface area contributed by atoms with Gasteiger partial charge in [-0.25, -0.2) is 4.79 Å². The van der Waals surface area contributed by atoms with E-state index < -0.39 is 11.9 Å². The number of hydrogen-bond donors (Lipinski definition) is 2. The van der Waals surface area contributed by atoms with Crippen molar-refractivity contribution in [3.8, 4) is 16.8 Å². The molecular formula is C26H25N3O4S. The van der Waals surface area contributed by atoms with Crippen LogP contribution in [0.4, 0.5) is 5.69 Å². The lowest BCUT2D eigenvalue weighted by Crippen LogP contribution is -2.13. The molecule has 174 valence electrons. The number of nitrogens with one attached hydrogen (secondary N) is 1. The molecule has 1 amide bonds. The van der Waals surface area contributed by atoms with Crippen LogP contribution < -0.4 is 10.1 Å². The van der Waals surface area contributed by atoms with Gasteiger partial charge in [0, 0.05) is 28.0 Å². The quantitative estimate of drug-likeness (QED) is 0.372. The summed E-state index contributed by atoms with van der Waals surface area (Å²) in [6, 6.07) is 10.8. The highest BCUT2D eigenvalue weighted by Crippen LogP contribution is 2.39. The third kappa shape index (κ3) is 4.35. The van der Waals surface area contributed by atoms with Crippen LogP contribution in [0.5, 0.6) is 5.75 Å². The molecule has 0 unspecified atom stereocenters. The van der Waals surface area contributed by atoms with Crippen LogP contribution in [0.2, 0.25) is 0 Å². The molecule has 0 fully saturated rings. The Morgan fingerprint density at radius 2 is 2.00 bits per heavy atom. The molecule has 2 heterocycles. The number of anilines is 1. The summed E-state index contributed by atoms with van der Waals surface area (Å²) in [5, 5.41) is 23.0. The smallest absolute Gasteiger partial charge is 0.339 e. The van der Waals surface area contributed by atoms with Gasteiger partial charge in [0.15, 0.2) is 0 Å². The number of carbonyl (C=O) groups excluding carboxylic acids is 1. The van der Waals surface area contributed by atoms with E-state index >= 15 is 0 Å². The van der Waals surface area contributed by atoms with E-state index in [1.165, 1.54) is 18.4 Å². The van der Waals surface area contributed by atoms with Crippen molar-refractivity contribution in [3.63, 3.8) is 0 Å². The maximum Gasteiger partial charge on any atom is 0.339 e. The second kappa shape index (κ2) is 9.57. The average molecular weight is 476 g/mol. The fourth-order valence-corrected chi connectivity index (χ4v) is 5.87. The predicted molar refractivity (Wildman–Crippen MR) is 132 cm³/mol. The summed E-state index contributed by atoms with van der Waals surface area (Å²) in [5.41, 5.74) is 4.10. The molecule has 0 atom stereocenters. The van der Waals surface area contributed by atoms with Crippen LogP contribution in [0.3, 0.4) is 0 Å². The molecule has 7 nitrogen and oxygen atoms in total. The normalized spacial score (nSPS) is 13.2. The zero-order valence-corrected chi connectivity index (χ0v) is 20.1. The predicted octanol–water partition coefficient (Wildman–Crippen LogP) is 5.29. The number of nitriles is 1. The van der Waals surface area contributed by atoms with Crippen molar-refractivity contribution in [3.05, 3.63) is 68.9 Å². The molecule has 0 saturated heterocycles. The molecule has 0 bridgehead atoms. The van der Waals surface area contributed by atoms with Crippen LogP contribution in [0, 0.1) is 25.2 Å². The molecule has 0 radical (unpaired) electrons. The van der Waals surface area contributed by atoms with E-state index in [-0.39, 0.29) is 5.57 Å². The van der Waals surface area contributed by atoms with Gasteiger partial charge < -0.3 is 19.7 Å². The minimum Gasteiger partial charge on any atom is -0.497 e. The van der Waals surface area contributed by atoms with Crippen molar-refractivity contribution in [1.82, 2.24) is 4.57 Å². The van der Waals surface area contributed by atoms with E-state index in [1.807, 2.05) is 30.6 Å². The van der Waals surface area contributed by atoms with Crippen LogP contribution in [0.15, 0.2) is 35.9 Å². The number of benzene rings is 1. The number of aromatic carboxylic acids is 1. The van der Waals surface area contributed by atoms with Gasteiger partial charge in [-0.15, -0.1) is 11.3 Å². The number of amides is 1. The zero-order valence-electron chi connectivity index (χ0n) is 19.3. The summed E-state index contributed by atoms with van der Waals surface area (Å²) in [5.74, 6) is -0.857. The lowest BCUT2D eigenvalue weighted by molar-refractivity contribution is -0.112. The van der Waals surface area contributed by atoms with Crippen LogP contribution >= 0.6 is 11.3 Å². The summed E-state index contributed by atoms with van der Waals surface area (Å²) in [6.45, 7) is 3.77. The minimum absolute atomic E-state index is 0.0491. The molecule has 0 spiro atoms. The molecule has 3 aromatic rings. The second-order valence-electron chi connectivity index (χ2n) is 8.21. The Labute approximate surface area is 201 Å². The number of aryl methyl sites for hydroxylation is 2. The summed E-state index contributed by atoms with van der Waals surface area (Å²) < 4.78 is 7.10. The van der Waals surface area contributed by atoms with Crippen molar-refractivity contribution in [2.24, 2.45) is 0 Å². The Morgan fingerprint density at radius 1 is 1.24 bits per heavy atom. The summed E-state index contributed by atoms with van der Waals surface area (Å²) in [7, 11) is 1.54. The molecule has 34 heavy (non-hydrogen) atoms. The maximum absolute atomic E-state index is 12.8. The number of rotatable bonds is 6. The first-order chi connectivity index (χ1) is 16.3. The van der Waals surface area contributed by atoms with Gasteiger partial charge >= 0.3 is 5.97 Å². The van der Waals surface area contributed by atoms with Gasteiger partial charge in [0.1, 0.15) is 22.4 Å². The molecular weight excluding hydrogens is 450 g/mol. The van der Waals surface area contributed by atoms with Crippen molar-refractivity contribution in [2.45, 2.75) is 39.5 Å². The highest BCUT2D eigenvalue weighted by molar-refractivity contribution is 7.15. The van der Waals surface area contributed by atoms with Crippen LogP contribution in [-0.4, -0.2) is 28.7 Å². The molecule has 4 rings (SSSR count). The van der Waals surface area contributed by atoms with E-state index in [9.17, 15) is 20.0 Å². The number of fused-ring (bicyclic) bond motifs is 1. The zero-order chi connectivity index (χ0) is 24.4. The molecule has 0 saturated carbocycles. The number of thiophene rings is 1. The highest BCUT2D eigenvalue weighted by atomic mass is 32.1. The standard InChI is InChI=1S/C26H25N3O4S/c1-15-11-17(12-18(14-27)24(30)28-19-7-6-8-20(13-19)33-3)16(2)29(15)25-23(26(31)32)21-9-4-5-10-22(21)34-25/h6-8,11-13H,4-5,9-10H2,1-3H3,(H,28,30)(H,31,32). The summed E-state index contributed by atoms with van der Waals surface area (Å²) in [4.78, 5) is 26.1. The molecule has 0 aliphatic heterocycles. The SMILES string of the molecule is COc1cccc(NC(=O)C(C#N)=Cc2cc(C)n(-c3sc4c(c3C(=O)O)CCCC4)c2C)c1. The van der Waals surface area contributed by atoms with Crippen molar-refractivity contribution in [1.29, 1.82) is 5.26 Å². The lowest BCUT2D eigenvalue weighted by atomic mass is 9.95. The third-order valence-corrected chi connectivity index (χ3v) is 7.31. The van der Waals surface area contributed by atoms with Gasteiger partial charge in [0.05, 0.1) is 12.7 Å². The highest BCUT2D eigenvalue weighted by Gasteiger charge is 2.27. The first-order valence-electron chi connectivity index (χ1n) is 11.0. The van der Waals surface area contributed by atoms with Crippen LogP contribution in [-0.2, 0) is 17.6 Å². The molecule has 2 aromatic heterocycles. The number of hydrogen-bond acceptors (Lipinski definition) is 5. The van der Waals surface area contributed by atoms with E-state index in [1.54, 1.807) is 30.3 Å². The molecule has 1 aliphatic rings. The van der Waals surface area contributed by atoms with Crippen LogP contribution in [0.1, 0.15) is 50.6 Å². The largest absolute Gasteiger partial charge is 0.497 e. The van der Waals surface area contributed by atoms with E-state index in [0.717, 1.165) is 47.5 Å². The minimum atomic E-state index is -0.922. The number of aromatic nitrogens is 1. The van der Waals surface area contributed by atoms with Crippen molar-refractivity contribution < 1.29 is 19.4 Å². The van der Waals surface area contributed by atoms with Gasteiger partial charge in [-0.05, 0) is 74.9 Å². The van der Waals surface area contributed by atoms with E-state index in [4.69, 9.17) is 4.74 Å². The van der Waals surface area contributed by atoms with E-state index in [2.05, 4.69) is 5.32 Å². The Bertz CT molecular complexity index is 1360. The Morgan fingerprint density at radius 3 is 2.71 bits per heavy atom. The van der Waals surface area contributed by atoms with Gasteiger partial charge in [-0.2, -0.15) is 5.26 Å². The number of carboxylic acids is 1. The Balaban J connectivity index is 1.71. The number of nitrogens with zero attached hydrogens (tertiary/aromatic N) is 2. The Kier molecular flexibility index (Phi) is 6.57. The fourth-order valence-electron chi connectivity index (χ4n) is 4.38. The van der Waals surface area contributed by atoms with Crippen molar-refractivity contribution in [2.75, 3.05) is 12.4 Å². The van der Waals surface area contributed by atoms with Gasteiger partial charge in [-0.1, -0.05) is 6.07 Å². The van der Waals surface area contributed by atoms with Gasteiger partial charge in [-0.3, -0.25) is 4.79 Å². The lowest BCUT2D eigenvalue weighted by Gasteiger charge is -2.11.